The highest BCUT2D eigenvalue weighted by Crippen LogP contribution is 2.40. The van der Waals surface area contributed by atoms with Crippen LogP contribution in [0.5, 0.6) is 11.5 Å². The lowest BCUT2D eigenvalue weighted by Crippen LogP contribution is -2.02. The van der Waals surface area contributed by atoms with Gasteiger partial charge in [0.2, 0.25) is 0 Å². The van der Waals surface area contributed by atoms with Crippen LogP contribution in [0.15, 0.2) is 72.9 Å². The molecule has 0 aliphatic heterocycles. The molecule has 0 aliphatic rings. The van der Waals surface area contributed by atoms with E-state index in [-0.39, 0.29) is 0 Å². The van der Waals surface area contributed by atoms with Crippen molar-refractivity contribution in [3.05, 3.63) is 84.1 Å². The number of methoxy groups -OCH3 is 2. The molecular weight excluding hydrogens is 396 g/mol. The zero-order valence-corrected chi connectivity index (χ0v) is 18.6. The fourth-order valence-corrected chi connectivity index (χ4v) is 5.10. The van der Waals surface area contributed by atoms with Crippen LogP contribution in [0.2, 0.25) is 0 Å². The lowest BCUT2D eigenvalue weighted by Gasteiger charge is -2.16. The Morgan fingerprint density at radius 1 is 0.688 bits per heavy atom. The highest BCUT2D eigenvalue weighted by Gasteiger charge is 2.19. The molecule has 3 aromatic heterocycles. The number of ether oxygens (including phenoxy) is 2. The Labute approximate surface area is 186 Å². The first-order valence-electron chi connectivity index (χ1n) is 10.8. The van der Waals surface area contributed by atoms with Crippen molar-refractivity contribution in [1.82, 2.24) is 8.97 Å². The van der Waals surface area contributed by atoms with Crippen LogP contribution in [-0.2, 0) is 0 Å². The van der Waals surface area contributed by atoms with Gasteiger partial charge in [-0.3, -0.25) is 4.40 Å². The molecule has 0 unspecified atom stereocenters. The summed E-state index contributed by atoms with van der Waals surface area (Å²) in [5.41, 5.74) is 6.10. The van der Waals surface area contributed by atoms with Crippen LogP contribution < -0.4 is 9.47 Å². The van der Waals surface area contributed by atoms with E-state index in [4.69, 9.17) is 9.47 Å². The normalized spacial score (nSPS) is 11.8. The van der Waals surface area contributed by atoms with Gasteiger partial charge >= 0.3 is 0 Å². The maximum absolute atomic E-state index is 5.64. The summed E-state index contributed by atoms with van der Waals surface area (Å²) in [6, 6.07) is 23.6. The lowest BCUT2D eigenvalue weighted by molar-refractivity contribution is 0.356. The summed E-state index contributed by atoms with van der Waals surface area (Å²) in [4.78, 5) is 0. The second-order valence-electron chi connectivity index (χ2n) is 8.32. The first-order chi connectivity index (χ1) is 15.6. The van der Waals surface area contributed by atoms with E-state index in [0.29, 0.717) is 0 Å². The van der Waals surface area contributed by atoms with Crippen LogP contribution in [-0.4, -0.2) is 23.2 Å². The first-order valence-corrected chi connectivity index (χ1v) is 10.8. The third kappa shape index (κ3) is 2.43. The fourth-order valence-electron chi connectivity index (χ4n) is 5.10. The fraction of sp³-hybridized carbons (Fsp3) is 0.143. The Morgan fingerprint density at radius 2 is 1.34 bits per heavy atom. The van der Waals surface area contributed by atoms with E-state index in [1.54, 1.807) is 14.2 Å². The minimum Gasteiger partial charge on any atom is -0.493 e. The van der Waals surface area contributed by atoms with E-state index in [2.05, 4.69) is 95.7 Å². The number of nitrogens with zero attached hydrogens (tertiary/aromatic N) is 2. The molecule has 0 saturated carbocycles. The van der Waals surface area contributed by atoms with Gasteiger partial charge in [-0.05, 0) is 60.7 Å². The SMILES string of the molecule is COc1cc2cc(-n3cc(C)c4ccccc43)n3c4ccccc4c(C)c3c2cc1OC. The molecule has 6 rings (SSSR count). The number of aryl methyl sites for hydroxylation is 2. The molecule has 0 radical (unpaired) electrons. The minimum atomic E-state index is 0.734. The van der Waals surface area contributed by atoms with Gasteiger partial charge in [-0.2, -0.15) is 0 Å². The van der Waals surface area contributed by atoms with Crippen LogP contribution in [0.1, 0.15) is 11.1 Å². The van der Waals surface area contributed by atoms with Crippen molar-refractivity contribution in [2.24, 2.45) is 0 Å². The van der Waals surface area contributed by atoms with Gasteiger partial charge in [0.15, 0.2) is 11.5 Å². The van der Waals surface area contributed by atoms with Crippen molar-refractivity contribution >= 4 is 38.1 Å². The van der Waals surface area contributed by atoms with Crippen LogP contribution in [0.4, 0.5) is 0 Å². The van der Waals surface area contributed by atoms with Crippen molar-refractivity contribution in [2.75, 3.05) is 14.2 Å². The van der Waals surface area contributed by atoms with Crippen LogP contribution in [0, 0.1) is 13.8 Å². The Balaban J connectivity index is 1.87. The molecule has 0 bridgehead atoms. The number of pyridine rings is 1. The van der Waals surface area contributed by atoms with E-state index < -0.39 is 0 Å². The summed E-state index contributed by atoms with van der Waals surface area (Å²) in [6.45, 7) is 4.38. The number of aromatic nitrogens is 2. The molecule has 32 heavy (non-hydrogen) atoms. The predicted octanol–water partition coefficient (Wildman–Crippen LogP) is 6.82. The number of hydrogen-bond acceptors (Lipinski definition) is 2. The number of benzene rings is 3. The van der Waals surface area contributed by atoms with Crippen LogP contribution in [0.25, 0.3) is 43.9 Å². The monoisotopic (exact) mass is 420 g/mol. The molecule has 3 aromatic carbocycles. The topological polar surface area (TPSA) is 27.8 Å². The molecule has 0 saturated heterocycles. The molecule has 0 amide bonds. The van der Waals surface area contributed by atoms with E-state index in [1.807, 2.05) is 0 Å². The number of fused-ring (bicyclic) bond motifs is 6. The Kier molecular flexibility index (Phi) is 3.99. The second-order valence-corrected chi connectivity index (χ2v) is 8.32. The Bertz CT molecular complexity index is 1670. The zero-order valence-electron chi connectivity index (χ0n) is 18.6. The van der Waals surface area contributed by atoms with Crippen molar-refractivity contribution < 1.29 is 9.47 Å². The summed E-state index contributed by atoms with van der Waals surface area (Å²) in [5.74, 6) is 2.58. The Morgan fingerprint density at radius 3 is 2.09 bits per heavy atom. The number of para-hydroxylation sites is 2. The van der Waals surface area contributed by atoms with E-state index in [0.717, 1.165) is 28.1 Å². The van der Waals surface area contributed by atoms with Crippen LogP contribution >= 0.6 is 0 Å². The van der Waals surface area contributed by atoms with Crippen molar-refractivity contribution in [3.63, 3.8) is 0 Å². The first kappa shape index (κ1) is 18.8. The lowest BCUT2D eigenvalue weighted by atomic mass is 10.1. The van der Waals surface area contributed by atoms with Crippen molar-refractivity contribution in [1.29, 1.82) is 0 Å². The van der Waals surface area contributed by atoms with Crippen molar-refractivity contribution in [2.45, 2.75) is 13.8 Å². The largest absolute Gasteiger partial charge is 0.493 e. The van der Waals surface area contributed by atoms with Gasteiger partial charge in [0, 0.05) is 22.4 Å². The molecule has 4 nitrogen and oxygen atoms in total. The molecule has 4 heteroatoms. The predicted molar refractivity (Wildman–Crippen MR) is 132 cm³/mol. The average Bonchev–Trinajstić information content (AvgIpc) is 3.33. The van der Waals surface area contributed by atoms with Gasteiger partial charge in [0.05, 0.1) is 30.8 Å². The molecule has 0 spiro atoms. The molecule has 0 N–H and O–H groups in total. The molecule has 0 aliphatic carbocycles. The average molecular weight is 421 g/mol. The smallest absolute Gasteiger partial charge is 0.161 e. The van der Waals surface area contributed by atoms with Crippen molar-refractivity contribution in [3.8, 4) is 17.3 Å². The van der Waals surface area contributed by atoms with Gasteiger partial charge in [0.1, 0.15) is 5.82 Å². The van der Waals surface area contributed by atoms with Gasteiger partial charge in [0.25, 0.3) is 0 Å². The number of hydrogen-bond donors (Lipinski definition) is 0. The van der Waals surface area contributed by atoms with Gasteiger partial charge < -0.3 is 14.0 Å². The molecule has 158 valence electrons. The Hall–Kier alpha value is -3.92. The third-order valence-electron chi connectivity index (χ3n) is 6.61. The van der Waals surface area contributed by atoms with Crippen LogP contribution in [0.3, 0.4) is 0 Å². The van der Waals surface area contributed by atoms with Gasteiger partial charge in [-0.15, -0.1) is 0 Å². The second kappa shape index (κ2) is 6.79. The standard InChI is InChI=1S/C28H24N2O2/c1-17-16-29(23-11-7-5-9-20(17)23)27-14-19-13-25(31-3)26(32-4)15-22(19)28-18(2)21-10-6-8-12-24(21)30(27)28/h5-16H,1-4H3. The maximum atomic E-state index is 5.64. The summed E-state index contributed by atoms with van der Waals surface area (Å²) in [5, 5.41) is 4.78. The molecule has 0 atom stereocenters. The maximum Gasteiger partial charge on any atom is 0.161 e. The molecule has 6 aromatic rings. The van der Waals surface area contributed by atoms with E-state index in [9.17, 15) is 0 Å². The van der Waals surface area contributed by atoms with Gasteiger partial charge in [-0.25, -0.2) is 0 Å². The zero-order chi connectivity index (χ0) is 22.0. The van der Waals surface area contributed by atoms with E-state index in [1.165, 1.54) is 38.4 Å². The van der Waals surface area contributed by atoms with E-state index >= 15 is 0 Å². The summed E-state index contributed by atoms with van der Waals surface area (Å²) in [7, 11) is 3.37. The minimum absolute atomic E-state index is 0.734. The number of rotatable bonds is 3. The summed E-state index contributed by atoms with van der Waals surface area (Å²) >= 11 is 0. The molecule has 3 heterocycles. The highest BCUT2D eigenvalue weighted by atomic mass is 16.5. The highest BCUT2D eigenvalue weighted by molar-refractivity contribution is 6.07. The third-order valence-corrected chi connectivity index (χ3v) is 6.61. The van der Waals surface area contributed by atoms with Gasteiger partial charge in [-0.1, -0.05) is 36.4 Å². The summed E-state index contributed by atoms with van der Waals surface area (Å²) < 4.78 is 16.0. The summed E-state index contributed by atoms with van der Waals surface area (Å²) in [6.07, 6.45) is 2.23. The molecule has 0 fully saturated rings. The molecular formula is C28H24N2O2. The quantitative estimate of drug-likeness (QED) is 0.314.